The molecule has 1 N–H and O–H groups in total. The molecule has 5 rings (SSSR count). The number of ketones is 1. The van der Waals surface area contributed by atoms with Gasteiger partial charge in [-0.2, -0.15) is 0 Å². The molecule has 2 aromatic carbocycles. The van der Waals surface area contributed by atoms with Crippen molar-refractivity contribution in [3.8, 4) is 0 Å². The van der Waals surface area contributed by atoms with Crippen molar-refractivity contribution in [1.82, 2.24) is 9.97 Å². The molecule has 6 nitrogen and oxygen atoms in total. The zero-order valence-corrected chi connectivity index (χ0v) is 19.9. The lowest BCUT2D eigenvalue weighted by Gasteiger charge is -2.23. The summed E-state index contributed by atoms with van der Waals surface area (Å²) in [6.07, 6.45) is 3.94. The second kappa shape index (κ2) is 8.50. The Bertz CT molecular complexity index is 1460. The lowest BCUT2D eigenvalue weighted by Crippen LogP contribution is -2.29. The van der Waals surface area contributed by atoms with Crippen LogP contribution < -0.4 is 4.90 Å². The van der Waals surface area contributed by atoms with E-state index in [0.29, 0.717) is 10.7 Å². The third-order valence-corrected chi connectivity index (χ3v) is 7.13. The second-order valence-corrected chi connectivity index (χ2v) is 9.43. The number of aliphatic hydroxyl groups excluding tert-OH is 1. The second-order valence-electron chi connectivity index (χ2n) is 8.43. The first kappa shape index (κ1) is 22.0. The van der Waals surface area contributed by atoms with Crippen molar-refractivity contribution in [2.75, 3.05) is 4.90 Å². The molecular weight excluding hydrogens is 446 g/mol. The molecule has 0 saturated carbocycles. The summed E-state index contributed by atoms with van der Waals surface area (Å²) in [5, 5.41) is 11.6. The SMILES string of the molecule is CCc1ccc(C2C(=C(O)c3ccncc3)C(=O)C(=O)N2c2nc3c(C)cc(C)cc3s2)cc1. The summed E-state index contributed by atoms with van der Waals surface area (Å²) in [6.45, 7) is 6.06. The number of carbonyl (C=O) groups excluding carboxylic acids is 2. The van der Waals surface area contributed by atoms with Crippen LogP contribution in [-0.2, 0) is 16.0 Å². The summed E-state index contributed by atoms with van der Waals surface area (Å²) < 4.78 is 0.948. The normalized spacial score (nSPS) is 17.6. The van der Waals surface area contributed by atoms with Crippen LogP contribution >= 0.6 is 11.3 Å². The van der Waals surface area contributed by atoms with Crippen LogP contribution in [0.1, 0.15) is 40.8 Å². The number of hydrogen-bond donors (Lipinski definition) is 1. The number of anilines is 1. The third-order valence-electron chi connectivity index (χ3n) is 6.13. The van der Waals surface area contributed by atoms with Gasteiger partial charge in [0.05, 0.1) is 21.8 Å². The number of aromatic nitrogens is 2. The molecule has 1 unspecified atom stereocenters. The smallest absolute Gasteiger partial charge is 0.301 e. The molecule has 0 bridgehead atoms. The van der Waals surface area contributed by atoms with Crippen LogP contribution in [0.15, 0.2) is 66.5 Å². The lowest BCUT2D eigenvalue weighted by atomic mass is 9.95. The Balaban J connectivity index is 1.74. The van der Waals surface area contributed by atoms with Crippen LogP contribution in [-0.4, -0.2) is 26.8 Å². The molecule has 0 radical (unpaired) electrons. The summed E-state index contributed by atoms with van der Waals surface area (Å²) in [6, 6.07) is 14.3. The summed E-state index contributed by atoms with van der Waals surface area (Å²) in [5.41, 5.74) is 5.27. The van der Waals surface area contributed by atoms with Crippen LogP contribution in [0.25, 0.3) is 16.0 Å². The summed E-state index contributed by atoms with van der Waals surface area (Å²) in [5.74, 6) is -1.65. The number of aryl methyl sites for hydroxylation is 3. The maximum Gasteiger partial charge on any atom is 0.301 e. The van der Waals surface area contributed by atoms with Gasteiger partial charge in [0.25, 0.3) is 5.78 Å². The summed E-state index contributed by atoms with van der Waals surface area (Å²) in [7, 11) is 0. The summed E-state index contributed by atoms with van der Waals surface area (Å²) in [4.78, 5) is 36.8. The van der Waals surface area contributed by atoms with Gasteiger partial charge in [-0.25, -0.2) is 4.98 Å². The van der Waals surface area contributed by atoms with Crippen LogP contribution in [0.5, 0.6) is 0 Å². The van der Waals surface area contributed by atoms with Crippen molar-refractivity contribution in [2.45, 2.75) is 33.2 Å². The minimum Gasteiger partial charge on any atom is -0.507 e. The van der Waals surface area contributed by atoms with E-state index < -0.39 is 17.7 Å². The van der Waals surface area contributed by atoms with Gasteiger partial charge in [0.15, 0.2) is 5.13 Å². The fourth-order valence-corrected chi connectivity index (χ4v) is 5.58. The van der Waals surface area contributed by atoms with E-state index in [1.54, 1.807) is 12.1 Å². The van der Waals surface area contributed by atoms with Crippen molar-refractivity contribution in [1.29, 1.82) is 0 Å². The number of aliphatic hydroxyl groups is 1. The van der Waals surface area contributed by atoms with Gasteiger partial charge in [-0.15, -0.1) is 0 Å². The van der Waals surface area contributed by atoms with Gasteiger partial charge in [-0.3, -0.25) is 19.5 Å². The maximum atomic E-state index is 13.4. The molecular formula is C27H23N3O3S. The van der Waals surface area contributed by atoms with Crippen LogP contribution in [0, 0.1) is 13.8 Å². The molecule has 3 heterocycles. The first-order valence-corrected chi connectivity index (χ1v) is 11.9. The highest BCUT2D eigenvalue weighted by molar-refractivity contribution is 7.22. The number of nitrogens with zero attached hydrogens (tertiary/aromatic N) is 3. The number of hydrogen-bond acceptors (Lipinski definition) is 6. The molecule has 1 amide bonds. The predicted octanol–water partition coefficient (Wildman–Crippen LogP) is 5.50. The van der Waals surface area contributed by atoms with E-state index >= 15 is 0 Å². The number of thiazole rings is 1. The van der Waals surface area contributed by atoms with E-state index in [1.807, 2.05) is 50.2 Å². The highest BCUT2D eigenvalue weighted by Gasteiger charge is 2.48. The Morgan fingerprint density at radius 2 is 1.76 bits per heavy atom. The zero-order chi connectivity index (χ0) is 24.0. The Labute approximate surface area is 201 Å². The van der Waals surface area contributed by atoms with E-state index in [-0.39, 0.29) is 11.3 Å². The van der Waals surface area contributed by atoms with E-state index in [1.165, 1.54) is 28.6 Å². The topological polar surface area (TPSA) is 83.4 Å². The van der Waals surface area contributed by atoms with Crippen molar-refractivity contribution in [3.63, 3.8) is 0 Å². The number of carbonyl (C=O) groups is 2. The first-order chi connectivity index (χ1) is 16.4. The Kier molecular flexibility index (Phi) is 5.49. The number of Topliss-reactive ketones (excluding diaryl/α,β-unsaturated/α-hetero) is 1. The fraction of sp³-hybridized carbons (Fsp3) is 0.185. The zero-order valence-electron chi connectivity index (χ0n) is 19.1. The summed E-state index contributed by atoms with van der Waals surface area (Å²) >= 11 is 1.37. The molecule has 34 heavy (non-hydrogen) atoms. The molecule has 1 aliphatic heterocycles. The molecule has 0 aliphatic carbocycles. The number of pyridine rings is 1. The monoisotopic (exact) mass is 469 g/mol. The molecule has 1 atom stereocenters. The molecule has 1 fully saturated rings. The van der Waals surface area contributed by atoms with E-state index in [9.17, 15) is 14.7 Å². The Hall–Kier alpha value is -3.84. The predicted molar refractivity (Wildman–Crippen MR) is 134 cm³/mol. The van der Waals surface area contributed by atoms with Gasteiger partial charge in [0.1, 0.15) is 5.76 Å². The highest BCUT2D eigenvalue weighted by atomic mass is 32.1. The minimum absolute atomic E-state index is 0.0487. The number of rotatable bonds is 4. The highest BCUT2D eigenvalue weighted by Crippen LogP contribution is 2.44. The molecule has 4 aromatic rings. The van der Waals surface area contributed by atoms with E-state index in [4.69, 9.17) is 4.98 Å². The van der Waals surface area contributed by atoms with Gasteiger partial charge in [0, 0.05) is 18.0 Å². The number of fused-ring (bicyclic) bond motifs is 1. The average Bonchev–Trinajstić information content (AvgIpc) is 3.38. The standard InChI is InChI=1S/C27H23N3O3S/c1-4-17-5-7-18(8-6-17)23-21(24(31)19-9-11-28-12-10-19)25(32)26(33)30(23)27-29-22-16(3)13-15(2)14-20(22)34-27/h5-14,23,31H,4H2,1-3H3. The molecule has 2 aromatic heterocycles. The molecule has 1 aliphatic rings. The Morgan fingerprint density at radius 3 is 2.44 bits per heavy atom. The first-order valence-electron chi connectivity index (χ1n) is 11.1. The van der Waals surface area contributed by atoms with Crippen LogP contribution in [0.4, 0.5) is 5.13 Å². The maximum absolute atomic E-state index is 13.4. The molecule has 0 spiro atoms. The minimum atomic E-state index is -0.791. The van der Waals surface area contributed by atoms with Crippen LogP contribution in [0.2, 0.25) is 0 Å². The van der Waals surface area contributed by atoms with Crippen molar-refractivity contribution in [2.24, 2.45) is 0 Å². The molecule has 170 valence electrons. The third kappa shape index (κ3) is 3.58. The quantitative estimate of drug-likeness (QED) is 0.243. The van der Waals surface area contributed by atoms with Gasteiger partial charge < -0.3 is 5.11 Å². The Morgan fingerprint density at radius 1 is 1.06 bits per heavy atom. The molecule has 7 heteroatoms. The van der Waals surface area contributed by atoms with E-state index in [0.717, 1.165) is 38.9 Å². The molecule has 1 saturated heterocycles. The largest absolute Gasteiger partial charge is 0.507 e. The average molecular weight is 470 g/mol. The van der Waals surface area contributed by atoms with Gasteiger partial charge >= 0.3 is 5.91 Å². The van der Waals surface area contributed by atoms with Gasteiger partial charge in [0.2, 0.25) is 0 Å². The number of amides is 1. The fourth-order valence-electron chi connectivity index (χ4n) is 4.41. The van der Waals surface area contributed by atoms with Crippen molar-refractivity contribution >= 4 is 44.1 Å². The number of benzene rings is 2. The lowest BCUT2D eigenvalue weighted by molar-refractivity contribution is -0.132. The van der Waals surface area contributed by atoms with Crippen LogP contribution in [0.3, 0.4) is 0 Å². The van der Waals surface area contributed by atoms with E-state index in [2.05, 4.69) is 11.9 Å². The van der Waals surface area contributed by atoms with Crippen molar-refractivity contribution in [3.05, 3.63) is 94.3 Å². The van der Waals surface area contributed by atoms with Gasteiger partial charge in [-0.1, -0.05) is 48.6 Å². The van der Waals surface area contributed by atoms with Gasteiger partial charge in [-0.05, 0) is 60.7 Å². The van der Waals surface area contributed by atoms with Crippen molar-refractivity contribution < 1.29 is 14.7 Å².